The average Bonchev–Trinajstić information content (AvgIpc) is 2.99. The Morgan fingerprint density at radius 1 is 1.20 bits per heavy atom. The number of nitrogens with zero attached hydrogens (tertiary/aromatic N) is 2. The van der Waals surface area contributed by atoms with Crippen molar-refractivity contribution in [3.63, 3.8) is 0 Å². The highest BCUT2D eigenvalue weighted by molar-refractivity contribution is 7.89. The fourth-order valence-electron chi connectivity index (χ4n) is 2.83. The second-order valence-electron chi connectivity index (χ2n) is 6.07. The smallest absolute Gasteiger partial charge is 0.242 e. The summed E-state index contributed by atoms with van der Waals surface area (Å²) in [6.45, 7) is 2.86. The van der Waals surface area contributed by atoms with Crippen molar-refractivity contribution in [1.82, 2.24) is 14.3 Å². The summed E-state index contributed by atoms with van der Waals surface area (Å²) in [7, 11) is -1.91. The van der Waals surface area contributed by atoms with Crippen LogP contribution in [0.2, 0.25) is 0 Å². The maximum Gasteiger partial charge on any atom is 0.242 e. The molecular weight excluding hydrogens is 336 g/mol. The zero-order valence-electron chi connectivity index (χ0n) is 14.4. The normalized spacial score (nSPS) is 12.2. The fourth-order valence-corrected chi connectivity index (χ4v) is 4.04. The van der Waals surface area contributed by atoms with E-state index in [1.54, 1.807) is 25.4 Å². The predicted octanol–water partition coefficient (Wildman–Crippen LogP) is 2.51. The number of pyridine rings is 1. The molecule has 6 nitrogen and oxygen atoms in total. The molecule has 0 amide bonds. The number of aromatic amines is 1. The largest absolute Gasteiger partial charge is 0.344 e. The first-order valence-corrected chi connectivity index (χ1v) is 9.58. The molecule has 7 heteroatoms. The minimum atomic E-state index is -3.49. The number of nitrogens with one attached hydrogen (secondary N) is 1. The third-order valence-corrected chi connectivity index (χ3v) is 6.09. The van der Waals surface area contributed by atoms with E-state index in [1.165, 1.54) is 4.31 Å². The molecule has 0 aliphatic carbocycles. The third-order valence-electron chi connectivity index (χ3n) is 4.22. The lowest BCUT2D eigenvalue weighted by Gasteiger charge is -2.17. The van der Waals surface area contributed by atoms with Crippen molar-refractivity contribution < 1.29 is 8.42 Å². The molecule has 1 aromatic carbocycles. The van der Waals surface area contributed by atoms with Gasteiger partial charge in [0.1, 0.15) is 5.65 Å². The Kier molecular flexibility index (Phi) is 4.89. The van der Waals surface area contributed by atoms with Crippen LogP contribution in [0.3, 0.4) is 0 Å². The van der Waals surface area contributed by atoms with Crippen LogP contribution in [0.25, 0.3) is 22.2 Å². The number of aromatic nitrogens is 2. The molecule has 0 unspecified atom stereocenters. The maximum absolute atomic E-state index is 12.6. The molecule has 0 bridgehead atoms. The van der Waals surface area contributed by atoms with Crippen LogP contribution in [0.4, 0.5) is 0 Å². The molecule has 3 N–H and O–H groups in total. The summed E-state index contributed by atoms with van der Waals surface area (Å²) in [5.41, 5.74) is 9.30. The van der Waals surface area contributed by atoms with Gasteiger partial charge in [0.05, 0.1) is 4.90 Å². The second kappa shape index (κ2) is 6.95. The van der Waals surface area contributed by atoms with E-state index in [9.17, 15) is 8.42 Å². The van der Waals surface area contributed by atoms with Crippen molar-refractivity contribution in [2.45, 2.75) is 18.2 Å². The highest BCUT2D eigenvalue weighted by atomic mass is 32.2. The fraction of sp³-hybridized carbons (Fsp3) is 0.278. The molecule has 2 heterocycles. The van der Waals surface area contributed by atoms with Gasteiger partial charge >= 0.3 is 0 Å². The van der Waals surface area contributed by atoms with Gasteiger partial charge in [0.25, 0.3) is 0 Å². The summed E-state index contributed by atoms with van der Waals surface area (Å²) in [5, 5.41) is 1.02. The first-order valence-electron chi connectivity index (χ1n) is 8.14. The number of nitrogens with two attached hydrogens (primary N) is 1. The molecule has 3 aromatic rings. The SMILES string of the molecule is Cc1cc2c(-c3ccc(S(=O)(=O)N(C)CCCN)cc3)ccnc2[nH]1. The van der Waals surface area contributed by atoms with Gasteiger partial charge < -0.3 is 10.7 Å². The summed E-state index contributed by atoms with van der Waals surface area (Å²) >= 11 is 0. The number of hydrogen-bond acceptors (Lipinski definition) is 4. The van der Waals surface area contributed by atoms with Crippen LogP contribution in [0.15, 0.2) is 47.5 Å². The first kappa shape index (κ1) is 17.6. The van der Waals surface area contributed by atoms with E-state index < -0.39 is 10.0 Å². The van der Waals surface area contributed by atoms with Crippen LogP contribution in [0.1, 0.15) is 12.1 Å². The van der Waals surface area contributed by atoms with E-state index in [0.717, 1.165) is 27.9 Å². The van der Waals surface area contributed by atoms with Gasteiger partial charge in [-0.3, -0.25) is 0 Å². The maximum atomic E-state index is 12.6. The minimum Gasteiger partial charge on any atom is -0.344 e. The summed E-state index contributed by atoms with van der Waals surface area (Å²) in [4.78, 5) is 7.83. The summed E-state index contributed by atoms with van der Waals surface area (Å²) < 4.78 is 26.5. The Labute approximate surface area is 147 Å². The molecule has 0 spiro atoms. The van der Waals surface area contributed by atoms with Crippen LogP contribution in [0.5, 0.6) is 0 Å². The standard InChI is InChI=1S/C18H22N4O2S/c1-13-12-17-16(8-10-20-18(17)21-13)14-4-6-15(7-5-14)25(23,24)22(2)11-3-9-19/h4-8,10,12H,3,9,11,19H2,1-2H3,(H,20,21). The van der Waals surface area contributed by atoms with Crippen molar-refractivity contribution >= 4 is 21.1 Å². The van der Waals surface area contributed by atoms with Crippen LogP contribution >= 0.6 is 0 Å². The van der Waals surface area contributed by atoms with E-state index in [1.807, 2.05) is 31.2 Å². The number of benzene rings is 1. The van der Waals surface area contributed by atoms with Gasteiger partial charge in [0.15, 0.2) is 0 Å². The molecule has 0 saturated heterocycles. The van der Waals surface area contributed by atoms with Crippen molar-refractivity contribution in [2.75, 3.05) is 20.1 Å². The van der Waals surface area contributed by atoms with Crippen LogP contribution in [0, 0.1) is 6.92 Å². The van der Waals surface area contributed by atoms with Crippen LogP contribution in [-0.4, -0.2) is 42.8 Å². The van der Waals surface area contributed by atoms with Gasteiger partial charge in [0, 0.05) is 30.9 Å². The van der Waals surface area contributed by atoms with Gasteiger partial charge in [-0.05, 0) is 55.3 Å². The number of hydrogen-bond donors (Lipinski definition) is 2. The average molecular weight is 358 g/mol. The zero-order valence-corrected chi connectivity index (χ0v) is 15.2. The topological polar surface area (TPSA) is 92.1 Å². The Morgan fingerprint density at radius 3 is 2.60 bits per heavy atom. The van der Waals surface area contributed by atoms with Gasteiger partial charge in [-0.1, -0.05) is 12.1 Å². The van der Waals surface area contributed by atoms with Crippen molar-refractivity contribution in [2.24, 2.45) is 5.73 Å². The number of rotatable bonds is 6. The molecule has 0 fully saturated rings. The molecule has 0 atom stereocenters. The Balaban J connectivity index is 1.94. The van der Waals surface area contributed by atoms with E-state index in [-0.39, 0.29) is 4.90 Å². The molecular formula is C18H22N4O2S. The lowest BCUT2D eigenvalue weighted by Crippen LogP contribution is -2.29. The lowest BCUT2D eigenvalue weighted by atomic mass is 10.0. The van der Waals surface area contributed by atoms with Gasteiger partial charge in [-0.25, -0.2) is 17.7 Å². The lowest BCUT2D eigenvalue weighted by molar-refractivity contribution is 0.464. The molecule has 3 rings (SSSR count). The quantitative estimate of drug-likeness (QED) is 0.708. The van der Waals surface area contributed by atoms with Crippen LogP contribution < -0.4 is 5.73 Å². The highest BCUT2D eigenvalue weighted by Gasteiger charge is 2.20. The summed E-state index contributed by atoms with van der Waals surface area (Å²) in [6.07, 6.45) is 2.38. The second-order valence-corrected chi connectivity index (χ2v) is 8.11. The number of fused-ring (bicyclic) bond motifs is 1. The first-order chi connectivity index (χ1) is 11.9. The number of sulfonamides is 1. The molecule has 2 aromatic heterocycles. The summed E-state index contributed by atoms with van der Waals surface area (Å²) in [5.74, 6) is 0. The van der Waals surface area contributed by atoms with Gasteiger partial charge in [-0.15, -0.1) is 0 Å². The molecule has 0 aliphatic rings. The molecule has 132 valence electrons. The van der Waals surface area contributed by atoms with Crippen molar-refractivity contribution in [3.05, 3.63) is 48.3 Å². The Bertz CT molecular complexity index is 978. The Morgan fingerprint density at radius 2 is 1.92 bits per heavy atom. The minimum absolute atomic E-state index is 0.284. The zero-order chi connectivity index (χ0) is 18.0. The molecule has 25 heavy (non-hydrogen) atoms. The van der Waals surface area contributed by atoms with Gasteiger partial charge in [0.2, 0.25) is 10.0 Å². The highest BCUT2D eigenvalue weighted by Crippen LogP contribution is 2.29. The van der Waals surface area contributed by atoms with E-state index in [4.69, 9.17) is 5.73 Å². The van der Waals surface area contributed by atoms with E-state index in [0.29, 0.717) is 19.5 Å². The summed E-state index contributed by atoms with van der Waals surface area (Å²) in [6, 6.07) is 10.9. The van der Waals surface area contributed by atoms with E-state index in [2.05, 4.69) is 9.97 Å². The number of aryl methyl sites for hydroxylation is 1. The van der Waals surface area contributed by atoms with E-state index >= 15 is 0 Å². The van der Waals surface area contributed by atoms with Crippen molar-refractivity contribution in [1.29, 1.82) is 0 Å². The third kappa shape index (κ3) is 3.44. The monoisotopic (exact) mass is 358 g/mol. The number of H-pyrrole nitrogens is 1. The predicted molar refractivity (Wildman–Crippen MR) is 99.8 cm³/mol. The van der Waals surface area contributed by atoms with Crippen molar-refractivity contribution in [3.8, 4) is 11.1 Å². The molecule has 0 saturated carbocycles. The molecule has 0 aliphatic heterocycles. The van der Waals surface area contributed by atoms with Gasteiger partial charge in [-0.2, -0.15) is 0 Å². The van der Waals surface area contributed by atoms with Crippen LogP contribution in [-0.2, 0) is 10.0 Å². The molecule has 0 radical (unpaired) electrons. The Hall–Kier alpha value is -2.22.